The number of aromatic amines is 1. The second kappa shape index (κ2) is 9.77. The van der Waals surface area contributed by atoms with Crippen LogP contribution in [0.3, 0.4) is 0 Å². The van der Waals surface area contributed by atoms with Crippen LogP contribution in [0.25, 0.3) is 0 Å². The van der Waals surface area contributed by atoms with Gasteiger partial charge in [0.2, 0.25) is 0 Å². The van der Waals surface area contributed by atoms with Crippen molar-refractivity contribution in [1.82, 2.24) is 24.9 Å². The molecule has 1 N–H and O–H groups in total. The number of nitrogens with one attached hydrogen (secondary N) is 1. The average molecular weight is 412 g/mol. The van der Waals surface area contributed by atoms with Gasteiger partial charge in [-0.1, -0.05) is 6.07 Å². The molecule has 0 radical (unpaired) electrons. The lowest BCUT2D eigenvalue weighted by molar-refractivity contribution is -0.0350. The zero-order valence-corrected chi connectivity index (χ0v) is 17.6. The van der Waals surface area contributed by atoms with Gasteiger partial charge in [0.25, 0.3) is 0 Å². The second-order valence-electron chi connectivity index (χ2n) is 7.39. The molecule has 160 valence electrons. The fourth-order valence-electron chi connectivity index (χ4n) is 3.59. The van der Waals surface area contributed by atoms with Crippen LogP contribution in [0.5, 0.6) is 11.5 Å². The van der Waals surface area contributed by atoms with Crippen LogP contribution in [0.15, 0.2) is 42.7 Å². The van der Waals surface area contributed by atoms with Crippen molar-refractivity contribution in [3.63, 3.8) is 0 Å². The highest BCUT2D eigenvalue weighted by Crippen LogP contribution is 2.23. The molecule has 1 aliphatic rings. The summed E-state index contributed by atoms with van der Waals surface area (Å²) in [5.41, 5.74) is 3.22. The van der Waals surface area contributed by atoms with Gasteiger partial charge < -0.3 is 14.2 Å². The number of hydrogen-bond donors (Lipinski definition) is 1. The Kier molecular flexibility index (Phi) is 6.66. The molecule has 4 rings (SSSR count). The predicted octanol–water partition coefficient (Wildman–Crippen LogP) is 2.83. The number of methoxy groups -OCH3 is 1. The number of benzene rings is 1. The SMILES string of the molecule is CCn1cc(CN2CCO[C@@H](c3cc(CCOc4cccc(OC)c4)[nH]n3)C2)cn1. The van der Waals surface area contributed by atoms with Gasteiger partial charge in [0, 0.05) is 56.1 Å². The molecule has 8 nitrogen and oxygen atoms in total. The highest BCUT2D eigenvalue weighted by Gasteiger charge is 2.24. The van der Waals surface area contributed by atoms with Gasteiger partial charge in [0.05, 0.1) is 32.2 Å². The minimum Gasteiger partial charge on any atom is -0.497 e. The van der Waals surface area contributed by atoms with E-state index in [0.717, 1.165) is 55.5 Å². The third kappa shape index (κ3) is 5.20. The van der Waals surface area contributed by atoms with Crippen LogP contribution in [0, 0.1) is 0 Å². The molecule has 8 heteroatoms. The number of rotatable bonds is 9. The van der Waals surface area contributed by atoms with Crippen molar-refractivity contribution in [2.24, 2.45) is 0 Å². The molecule has 0 bridgehead atoms. The Labute approximate surface area is 176 Å². The zero-order valence-electron chi connectivity index (χ0n) is 17.6. The molecule has 1 atom stereocenters. The Bertz CT molecular complexity index is 938. The van der Waals surface area contributed by atoms with Crippen LogP contribution in [0.2, 0.25) is 0 Å². The summed E-state index contributed by atoms with van der Waals surface area (Å²) in [6, 6.07) is 9.71. The number of aromatic nitrogens is 4. The summed E-state index contributed by atoms with van der Waals surface area (Å²) in [6.45, 7) is 6.87. The van der Waals surface area contributed by atoms with Crippen molar-refractivity contribution < 1.29 is 14.2 Å². The van der Waals surface area contributed by atoms with Crippen molar-refractivity contribution in [3.8, 4) is 11.5 Å². The average Bonchev–Trinajstić information content (AvgIpc) is 3.44. The van der Waals surface area contributed by atoms with Crippen LogP contribution in [-0.2, 0) is 24.2 Å². The summed E-state index contributed by atoms with van der Waals surface area (Å²) in [5, 5.41) is 12.0. The molecule has 0 amide bonds. The summed E-state index contributed by atoms with van der Waals surface area (Å²) in [5.74, 6) is 1.59. The number of H-pyrrole nitrogens is 1. The quantitative estimate of drug-likeness (QED) is 0.583. The van der Waals surface area contributed by atoms with Gasteiger partial charge in [-0.25, -0.2) is 0 Å². The summed E-state index contributed by atoms with van der Waals surface area (Å²) >= 11 is 0. The van der Waals surface area contributed by atoms with E-state index in [1.54, 1.807) is 7.11 Å². The smallest absolute Gasteiger partial charge is 0.123 e. The lowest BCUT2D eigenvalue weighted by atomic mass is 10.1. The molecule has 1 aliphatic heterocycles. The van der Waals surface area contributed by atoms with E-state index in [9.17, 15) is 0 Å². The first kappa shape index (κ1) is 20.4. The van der Waals surface area contributed by atoms with Gasteiger partial charge >= 0.3 is 0 Å². The van der Waals surface area contributed by atoms with Crippen molar-refractivity contribution in [2.75, 3.05) is 33.4 Å². The highest BCUT2D eigenvalue weighted by molar-refractivity contribution is 5.32. The molecular formula is C22H29N5O3. The monoisotopic (exact) mass is 411 g/mol. The van der Waals surface area contributed by atoms with Crippen molar-refractivity contribution >= 4 is 0 Å². The van der Waals surface area contributed by atoms with Gasteiger partial charge in [0.1, 0.15) is 17.6 Å². The van der Waals surface area contributed by atoms with E-state index in [0.29, 0.717) is 13.2 Å². The third-order valence-electron chi connectivity index (χ3n) is 5.23. The maximum absolute atomic E-state index is 5.98. The molecule has 0 unspecified atom stereocenters. The number of hydrogen-bond acceptors (Lipinski definition) is 6. The third-order valence-corrected chi connectivity index (χ3v) is 5.23. The van der Waals surface area contributed by atoms with E-state index >= 15 is 0 Å². The van der Waals surface area contributed by atoms with Crippen molar-refractivity contribution in [3.05, 3.63) is 59.7 Å². The van der Waals surface area contributed by atoms with E-state index < -0.39 is 0 Å². The Balaban J connectivity index is 1.28. The topological polar surface area (TPSA) is 77.4 Å². The molecule has 0 saturated carbocycles. The first-order valence-electron chi connectivity index (χ1n) is 10.4. The molecule has 0 spiro atoms. The van der Waals surface area contributed by atoms with Crippen molar-refractivity contribution in [1.29, 1.82) is 0 Å². The number of nitrogens with zero attached hydrogens (tertiary/aromatic N) is 4. The Morgan fingerprint density at radius 3 is 3.00 bits per heavy atom. The van der Waals surface area contributed by atoms with Gasteiger partial charge in [-0.05, 0) is 25.1 Å². The Hall–Kier alpha value is -2.84. The first-order chi connectivity index (χ1) is 14.7. The first-order valence-corrected chi connectivity index (χ1v) is 10.4. The minimum absolute atomic E-state index is 0.0238. The molecule has 1 fully saturated rings. The summed E-state index contributed by atoms with van der Waals surface area (Å²) < 4.78 is 19.0. The van der Waals surface area contributed by atoms with E-state index in [2.05, 4.69) is 39.4 Å². The highest BCUT2D eigenvalue weighted by atomic mass is 16.5. The summed E-state index contributed by atoms with van der Waals surface area (Å²) in [4.78, 5) is 2.39. The van der Waals surface area contributed by atoms with Gasteiger partial charge in [0.15, 0.2) is 0 Å². The van der Waals surface area contributed by atoms with E-state index in [1.807, 2.05) is 35.1 Å². The largest absolute Gasteiger partial charge is 0.497 e. The summed E-state index contributed by atoms with van der Waals surface area (Å²) in [7, 11) is 1.65. The maximum atomic E-state index is 5.98. The molecule has 1 saturated heterocycles. The molecule has 0 aliphatic carbocycles. The van der Waals surface area contributed by atoms with Crippen LogP contribution < -0.4 is 9.47 Å². The number of ether oxygens (including phenoxy) is 3. The molecule has 1 aromatic carbocycles. The Morgan fingerprint density at radius 2 is 2.17 bits per heavy atom. The summed E-state index contributed by atoms with van der Waals surface area (Å²) in [6.07, 6.45) is 4.78. The normalized spacial score (nSPS) is 17.2. The predicted molar refractivity (Wildman–Crippen MR) is 113 cm³/mol. The standard InChI is InChI=1S/C22H29N5O3/c1-3-27-15-17(13-23-27)14-26-8-10-30-22(16-26)21-11-18(24-25-21)7-9-29-20-6-4-5-19(12-20)28-2/h4-6,11-13,15,22H,3,7-10,14,16H2,1-2H3,(H,24,25)/t22-/m1/s1. The molecule has 3 heterocycles. The van der Waals surface area contributed by atoms with E-state index in [1.165, 1.54) is 5.56 Å². The molecule has 3 aromatic rings. The minimum atomic E-state index is -0.0238. The van der Waals surface area contributed by atoms with Crippen LogP contribution in [0.1, 0.15) is 30.0 Å². The fraction of sp³-hybridized carbons (Fsp3) is 0.455. The van der Waals surface area contributed by atoms with Crippen LogP contribution in [0.4, 0.5) is 0 Å². The molecule has 2 aromatic heterocycles. The van der Waals surface area contributed by atoms with Crippen LogP contribution in [-0.4, -0.2) is 58.3 Å². The van der Waals surface area contributed by atoms with Gasteiger partial charge in [-0.3, -0.25) is 14.7 Å². The Morgan fingerprint density at radius 1 is 1.27 bits per heavy atom. The fourth-order valence-corrected chi connectivity index (χ4v) is 3.59. The van der Waals surface area contributed by atoms with Gasteiger partial charge in [-0.2, -0.15) is 10.2 Å². The van der Waals surface area contributed by atoms with Crippen molar-refractivity contribution in [2.45, 2.75) is 32.5 Å². The lowest BCUT2D eigenvalue weighted by Gasteiger charge is -2.31. The maximum Gasteiger partial charge on any atom is 0.123 e. The molecular weight excluding hydrogens is 382 g/mol. The van der Waals surface area contributed by atoms with E-state index in [-0.39, 0.29) is 6.10 Å². The number of morpholine rings is 1. The van der Waals surface area contributed by atoms with Gasteiger partial charge in [-0.15, -0.1) is 0 Å². The lowest BCUT2D eigenvalue weighted by Crippen LogP contribution is -2.37. The van der Waals surface area contributed by atoms with Crippen LogP contribution >= 0.6 is 0 Å². The number of aryl methyl sites for hydroxylation is 1. The molecule has 30 heavy (non-hydrogen) atoms. The van der Waals surface area contributed by atoms with E-state index in [4.69, 9.17) is 14.2 Å². The second-order valence-corrected chi connectivity index (χ2v) is 7.39. The zero-order chi connectivity index (χ0) is 20.8.